The van der Waals surface area contributed by atoms with Crippen LogP contribution in [-0.2, 0) is 7.05 Å². The van der Waals surface area contributed by atoms with Crippen LogP contribution in [0.2, 0.25) is 0 Å². The van der Waals surface area contributed by atoms with Gasteiger partial charge in [0.1, 0.15) is 0 Å². The van der Waals surface area contributed by atoms with Gasteiger partial charge in [0, 0.05) is 16.0 Å². The van der Waals surface area contributed by atoms with E-state index in [0.29, 0.717) is 0 Å². The van der Waals surface area contributed by atoms with Gasteiger partial charge in [-0.1, -0.05) is 37.1 Å². The number of nitrogens with one attached hydrogen (secondary N) is 1. The molecular formula is C10H11Br2N5. The van der Waals surface area contributed by atoms with Crippen molar-refractivity contribution in [2.45, 2.75) is 6.04 Å². The lowest BCUT2D eigenvalue weighted by molar-refractivity contribution is 0.570. The molecule has 0 spiro atoms. The number of nitrogens with zero attached hydrogens (tertiary/aromatic N) is 3. The van der Waals surface area contributed by atoms with Gasteiger partial charge in [-0.15, -0.1) is 5.10 Å². The number of rotatable bonds is 3. The molecule has 7 heteroatoms. The van der Waals surface area contributed by atoms with Crippen LogP contribution < -0.4 is 11.3 Å². The molecule has 3 N–H and O–H groups in total. The maximum Gasteiger partial charge on any atom is 0.0895 e. The average Bonchev–Trinajstić information content (AvgIpc) is 2.65. The Balaban J connectivity index is 2.45. The third-order valence-electron chi connectivity index (χ3n) is 2.43. The lowest BCUT2D eigenvalue weighted by Gasteiger charge is -2.16. The Labute approximate surface area is 116 Å². The van der Waals surface area contributed by atoms with E-state index >= 15 is 0 Å². The van der Waals surface area contributed by atoms with E-state index in [-0.39, 0.29) is 6.04 Å². The summed E-state index contributed by atoms with van der Waals surface area (Å²) < 4.78 is 3.66. The number of hydrogen-bond donors (Lipinski definition) is 2. The van der Waals surface area contributed by atoms with Crippen molar-refractivity contribution in [1.29, 1.82) is 0 Å². The molecule has 17 heavy (non-hydrogen) atoms. The molecule has 1 aromatic heterocycles. The van der Waals surface area contributed by atoms with Gasteiger partial charge in [0.15, 0.2) is 0 Å². The van der Waals surface area contributed by atoms with Crippen LogP contribution >= 0.6 is 31.9 Å². The second-order valence-electron chi connectivity index (χ2n) is 3.58. The van der Waals surface area contributed by atoms with E-state index in [9.17, 15) is 0 Å². The monoisotopic (exact) mass is 359 g/mol. The summed E-state index contributed by atoms with van der Waals surface area (Å²) in [4.78, 5) is 0. The molecule has 2 aromatic rings. The first-order chi connectivity index (χ1) is 8.11. The lowest BCUT2D eigenvalue weighted by Crippen LogP contribution is -2.30. The van der Waals surface area contributed by atoms with Crippen LogP contribution in [0.25, 0.3) is 0 Å². The highest BCUT2D eigenvalue weighted by atomic mass is 79.9. The molecule has 0 bridgehead atoms. The van der Waals surface area contributed by atoms with Gasteiger partial charge in [-0.3, -0.25) is 10.5 Å². The summed E-state index contributed by atoms with van der Waals surface area (Å²) in [6.07, 6.45) is 1.69. The van der Waals surface area contributed by atoms with Gasteiger partial charge in [-0.05, 0) is 23.8 Å². The minimum Gasteiger partial charge on any atom is -0.271 e. The molecular weight excluding hydrogens is 350 g/mol. The Morgan fingerprint density at radius 2 is 1.94 bits per heavy atom. The van der Waals surface area contributed by atoms with Crippen LogP contribution in [0, 0.1) is 0 Å². The minimum absolute atomic E-state index is 0.149. The van der Waals surface area contributed by atoms with Crippen LogP contribution in [-0.4, -0.2) is 15.0 Å². The number of aromatic nitrogens is 3. The van der Waals surface area contributed by atoms with E-state index in [4.69, 9.17) is 5.84 Å². The highest BCUT2D eigenvalue weighted by Crippen LogP contribution is 2.27. The SMILES string of the molecule is Cn1nncc1C(NN)c1cc(Br)cc(Br)c1. The maximum atomic E-state index is 5.62. The Hall–Kier alpha value is -0.760. The second kappa shape index (κ2) is 5.26. The van der Waals surface area contributed by atoms with E-state index in [1.54, 1.807) is 10.9 Å². The van der Waals surface area contributed by atoms with Crippen molar-refractivity contribution in [3.8, 4) is 0 Å². The Bertz CT molecular complexity index is 505. The Morgan fingerprint density at radius 1 is 1.29 bits per heavy atom. The molecule has 5 nitrogen and oxygen atoms in total. The van der Waals surface area contributed by atoms with Gasteiger partial charge >= 0.3 is 0 Å². The van der Waals surface area contributed by atoms with Gasteiger partial charge < -0.3 is 0 Å². The molecule has 1 heterocycles. The van der Waals surface area contributed by atoms with Crippen molar-refractivity contribution in [2.24, 2.45) is 12.9 Å². The third-order valence-corrected chi connectivity index (χ3v) is 3.35. The van der Waals surface area contributed by atoms with Crippen molar-refractivity contribution < 1.29 is 0 Å². The molecule has 1 atom stereocenters. The van der Waals surface area contributed by atoms with E-state index in [0.717, 1.165) is 20.2 Å². The highest BCUT2D eigenvalue weighted by molar-refractivity contribution is 9.11. The highest BCUT2D eigenvalue weighted by Gasteiger charge is 2.17. The van der Waals surface area contributed by atoms with Gasteiger partial charge in [0.2, 0.25) is 0 Å². The molecule has 0 amide bonds. The molecule has 1 aromatic carbocycles. The Kier molecular flexibility index (Phi) is 3.93. The Morgan fingerprint density at radius 3 is 2.41 bits per heavy atom. The third kappa shape index (κ3) is 2.74. The number of benzene rings is 1. The normalized spacial score (nSPS) is 12.7. The predicted molar refractivity (Wildman–Crippen MR) is 72.0 cm³/mol. The summed E-state index contributed by atoms with van der Waals surface area (Å²) in [5.74, 6) is 5.62. The van der Waals surface area contributed by atoms with Crippen molar-refractivity contribution in [3.63, 3.8) is 0 Å². The average molecular weight is 361 g/mol. The number of hydrogen-bond acceptors (Lipinski definition) is 4. The molecule has 0 saturated heterocycles. The van der Waals surface area contributed by atoms with Crippen LogP contribution in [0.4, 0.5) is 0 Å². The van der Waals surface area contributed by atoms with Crippen molar-refractivity contribution in [3.05, 3.63) is 44.6 Å². The van der Waals surface area contributed by atoms with E-state index in [1.165, 1.54) is 0 Å². The number of aryl methyl sites for hydroxylation is 1. The van der Waals surface area contributed by atoms with Crippen molar-refractivity contribution in [2.75, 3.05) is 0 Å². The topological polar surface area (TPSA) is 68.8 Å². The fraction of sp³-hybridized carbons (Fsp3) is 0.200. The van der Waals surface area contributed by atoms with E-state index < -0.39 is 0 Å². The van der Waals surface area contributed by atoms with Gasteiger partial charge in [-0.2, -0.15) is 0 Å². The molecule has 2 rings (SSSR count). The quantitative estimate of drug-likeness (QED) is 0.647. The first kappa shape index (κ1) is 12.7. The molecule has 0 aliphatic carbocycles. The molecule has 0 aliphatic heterocycles. The van der Waals surface area contributed by atoms with Gasteiger partial charge in [0.05, 0.1) is 17.9 Å². The zero-order chi connectivity index (χ0) is 12.4. The van der Waals surface area contributed by atoms with Crippen molar-refractivity contribution in [1.82, 2.24) is 20.4 Å². The maximum absolute atomic E-state index is 5.62. The van der Waals surface area contributed by atoms with Crippen LogP contribution in [0.15, 0.2) is 33.3 Å². The summed E-state index contributed by atoms with van der Waals surface area (Å²) >= 11 is 6.91. The van der Waals surface area contributed by atoms with Gasteiger partial charge in [-0.25, -0.2) is 5.43 Å². The minimum atomic E-state index is -0.149. The summed E-state index contributed by atoms with van der Waals surface area (Å²) in [5.41, 5.74) is 4.70. The molecule has 0 radical (unpaired) electrons. The zero-order valence-corrected chi connectivity index (χ0v) is 12.2. The standard InChI is InChI=1S/C10H11Br2N5/c1-17-9(5-14-16-17)10(15-13)6-2-7(11)4-8(12)3-6/h2-5,10,15H,13H2,1H3. The summed E-state index contributed by atoms with van der Waals surface area (Å²) in [7, 11) is 1.83. The van der Waals surface area contributed by atoms with E-state index in [1.807, 2.05) is 25.2 Å². The second-order valence-corrected chi connectivity index (χ2v) is 5.42. The van der Waals surface area contributed by atoms with Crippen LogP contribution in [0.5, 0.6) is 0 Å². The van der Waals surface area contributed by atoms with Crippen LogP contribution in [0.3, 0.4) is 0 Å². The van der Waals surface area contributed by atoms with E-state index in [2.05, 4.69) is 47.6 Å². The summed E-state index contributed by atoms with van der Waals surface area (Å²) in [5, 5.41) is 7.76. The molecule has 0 aliphatic rings. The zero-order valence-electron chi connectivity index (χ0n) is 9.06. The fourth-order valence-electron chi connectivity index (χ4n) is 1.65. The largest absolute Gasteiger partial charge is 0.271 e. The predicted octanol–water partition coefficient (Wildman–Crippen LogP) is 1.89. The number of nitrogens with two attached hydrogens (primary N) is 1. The van der Waals surface area contributed by atoms with Crippen LogP contribution in [0.1, 0.15) is 17.3 Å². The first-order valence-corrected chi connectivity index (χ1v) is 6.47. The number of halogens is 2. The fourth-order valence-corrected chi connectivity index (χ4v) is 2.98. The number of hydrazine groups is 1. The lowest BCUT2D eigenvalue weighted by atomic mass is 10.1. The molecule has 90 valence electrons. The molecule has 1 unspecified atom stereocenters. The summed E-state index contributed by atoms with van der Waals surface area (Å²) in [6.45, 7) is 0. The summed E-state index contributed by atoms with van der Waals surface area (Å²) in [6, 6.07) is 5.83. The molecule has 0 fully saturated rings. The van der Waals surface area contributed by atoms with Crippen molar-refractivity contribution >= 4 is 31.9 Å². The first-order valence-electron chi connectivity index (χ1n) is 4.88. The molecule has 0 saturated carbocycles. The van der Waals surface area contributed by atoms with Gasteiger partial charge in [0.25, 0.3) is 0 Å². The smallest absolute Gasteiger partial charge is 0.0895 e.